The van der Waals surface area contributed by atoms with E-state index in [0.29, 0.717) is 12.8 Å². The van der Waals surface area contributed by atoms with Crippen LogP contribution in [0.25, 0.3) is 0 Å². The molecule has 1 aromatic rings. The second-order valence-electron chi connectivity index (χ2n) is 4.12. The predicted molar refractivity (Wildman–Crippen MR) is 58.9 cm³/mol. The number of aliphatic hydroxyl groups is 1. The average molecular weight is 225 g/mol. The summed E-state index contributed by atoms with van der Waals surface area (Å²) in [4.78, 5) is 16.0. The van der Waals surface area contributed by atoms with Gasteiger partial charge in [0.25, 0.3) is 0 Å². The topological polar surface area (TPSA) is 50.2 Å². The van der Waals surface area contributed by atoms with Crippen LogP contribution in [0.2, 0.25) is 0 Å². The molecule has 0 aromatic carbocycles. The Kier molecular flexibility index (Phi) is 3.17. The molecule has 1 fully saturated rings. The van der Waals surface area contributed by atoms with Crippen LogP contribution in [-0.2, 0) is 11.2 Å². The number of carbonyl (C=O) groups excluding carboxylic acids is 1. The Bertz CT molecular complexity index is 328. The van der Waals surface area contributed by atoms with Crippen molar-refractivity contribution in [1.82, 2.24) is 4.98 Å². The maximum atomic E-state index is 11.9. The van der Waals surface area contributed by atoms with Gasteiger partial charge in [0.15, 0.2) is 5.78 Å². The van der Waals surface area contributed by atoms with Crippen LogP contribution in [-0.4, -0.2) is 21.5 Å². The summed E-state index contributed by atoms with van der Waals surface area (Å²) in [5.74, 6) is -0.0582. The first-order valence-electron chi connectivity index (χ1n) is 5.35. The minimum absolute atomic E-state index is 0.0582. The summed E-state index contributed by atoms with van der Waals surface area (Å²) < 4.78 is 0. The molecule has 0 bridgehead atoms. The first-order valence-corrected chi connectivity index (χ1v) is 6.23. The van der Waals surface area contributed by atoms with Gasteiger partial charge in [0, 0.05) is 11.6 Å². The third-order valence-corrected chi connectivity index (χ3v) is 3.77. The average Bonchev–Trinajstić information content (AvgIpc) is 2.71. The van der Waals surface area contributed by atoms with E-state index in [-0.39, 0.29) is 12.2 Å². The molecule has 0 saturated heterocycles. The number of carbonyl (C=O) groups is 1. The third-order valence-electron chi connectivity index (χ3n) is 2.99. The smallest absolute Gasteiger partial charge is 0.171 e. The Hall–Kier alpha value is -0.740. The van der Waals surface area contributed by atoms with Gasteiger partial charge in [0.2, 0.25) is 0 Å². The molecule has 2 rings (SSSR count). The molecule has 1 aliphatic rings. The number of ketones is 1. The van der Waals surface area contributed by atoms with E-state index in [9.17, 15) is 9.90 Å². The van der Waals surface area contributed by atoms with E-state index in [1.165, 1.54) is 11.3 Å². The maximum absolute atomic E-state index is 11.9. The normalized spacial score (nSPS) is 20.1. The van der Waals surface area contributed by atoms with Crippen LogP contribution in [0.4, 0.5) is 0 Å². The molecular weight excluding hydrogens is 210 g/mol. The highest BCUT2D eigenvalue weighted by Crippen LogP contribution is 2.29. The van der Waals surface area contributed by atoms with E-state index in [4.69, 9.17) is 0 Å². The quantitative estimate of drug-likeness (QED) is 0.855. The van der Waals surface area contributed by atoms with E-state index in [1.54, 1.807) is 6.20 Å². The van der Waals surface area contributed by atoms with Crippen molar-refractivity contribution < 1.29 is 9.90 Å². The summed E-state index contributed by atoms with van der Waals surface area (Å²) in [5.41, 5.74) is -1.07. The van der Waals surface area contributed by atoms with Crippen molar-refractivity contribution in [2.24, 2.45) is 0 Å². The number of aromatic nitrogens is 1. The van der Waals surface area contributed by atoms with Crippen LogP contribution in [0.15, 0.2) is 11.6 Å². The zero-order valence-corrected chi connectivity index (χ0v) is 9.42. The first kappa shape index (κ1) is 10.8. The number of rotatable bonds is 3. The van der Waals surface area contributed by atoms with Crippen molar-refractivity contribution in [3.05, 3.63) is 16.6 Å². The molecule has 0 amide bonds. The van der Waals surface area contributed by atoms with E-state index in [1.807, 2.05) is 5.38 Å². The minimum atomic E-state index is -1.07. The predicted octanol–water partition coefficient (Wildman–Crippen LogP) is 1.95. The summed E-state index contributed by atoms with van der Waals surface area (Å²) in [5, 5.41) is 12.8. The second-order valence-corrected chi connectivity index (χ2v) is 5.10. The molecule has 82 valence electrons. The molecule has 1 aliphatic carbocycles. The van der Waals surface area contributed by atoms with Gasteiger partial charge in [-0.15, -0.1) is 11.3 Å². The third kappa shape index (κ3) is 2.44. The molecule has 0 radical (unpaired) electrons. The fraction of sp³-hybridized carbons (Fsp3) is 0.636. The Labute approximate surface area is 93.2 Å². The summed E-state index contributed by atoms with van der Waals surface area (Å²) in [6.45, 7) is 0. The zero-order valence-electron chi connectivity index (χ0n) is 8.61. The van der Waals surface area contributed by atoms with Gasteiger partial charge in [-0.2, -0.15) is 0 Å². The van der Waals surface area contributed by atoms with Gasteiger partial charge in [-0.1, -0.05) is 19.3 Å². The number of hydrogen-bond acceptors (Lipinski definition) is 4. The van der Waals surface area contributed by atoms with Crippen molar-refractivity contribution in [2.75, 3.05) is 0 Å². The maximum Gasteiger partial charge on any atom is 0.171 e. The molecule has 15 heavy (non-hydrogen) atoms. The van der Waals surface area contributed by atoms with Gasteiger partial charge in [-0.3, -0.25) is 4.79 Å². The van der Waals surface area contributed by atoms with Gasteiger partial charge in [0.1, 0.15) is 5.60 Å². The molecule has 3 nitrogen and oxygen atoms in total. The molecule has 4 heteroatoms. The van der Waals surface area contributed by atoms with Gasteiger partial charge >= 0.3 is 0 Å². The van der Waals surface area contributed by atoms with Crippen LogP contribution >= 0.6 is 11.3 Å². The SMILES string of the molecule is O=C(Cc1nccs1)C1(O)CCCCC1. The van der Waals surface area contributed by atoms with Crippen LogP contribution in [0.3, 0.4) is 0 Å². The molecule has 0 aliphatic heterocycles. The van der Waals surface area contributed by atoms with Crippen molar-refractivity contribution in [3.8, 4) is 0 Å². The largest absolute Gasteiger partial charge is 0.382 e. The Morgan fingerprint density at radius 3 is 2.80 bits per heavy atom. The molecule has 1 heterocycles. The standard InChI is InChI=1S/C11H15NO2S/c13-9(8-10-12-6-7-15-10)11(14)4-2-1-3-5-11/h6-7,14H,1-5,8H2. The minimum Gasteiger partial charge on any atom is -0.382 e. The van der Waals surface area contributed by atoms with E-state index < -0.39 is 5.60 Å². The summed E-state index contributed by atoms with van der Waals surface area (Å²) >= 11 is 1.47. The van der Waals surface area contributed by atoms with Crippen molar-refractivity contribution in [1.29, 1.82) is 0 Å². The monoisotopic (exact) mass is 225 g/mol. The van der Waals surface area contributed by atoms with Gasteiger partial charge in [-0.25, -0.2) is 4.98 Å². The molecule has 0 atom stereocenters. The van der Waals surface area contributed by atoms with Crippen LogP contribution in [0.1, 0.15) is 37.1 Å². The van der Waals surface area contributed by atoms with E-state index in [0.717, 1.165) is 24.3 Å². The lowest BCUT2D eigenvalue weighted by Gasteiger charge is -2.30. The number of hydrogen-bond donors (Lipinski definition) is 1. The lowest BCUT2D eigenvalue weighted by Crippen LogP contribution is -2.41. The van der Waals surface area contributed by atoms with Gasteiger partial charge < -0.3 is 5.11 Å². The van der Waals surface area contributed by atoms with Crippen LogP contribution in [0.5, 0.6) is 0 Å². The Morgan fingerprint density at radius 1 is 1.47 bits per heavy atom. The molecule has 0 spiro atoms. The molecule has 1 N–H and O–H groups in total. The second kappa shape index (κ2) is 4.41. The van der Waals surface area contributed by atoms with Gasteiger partial charge in [0.05, 0.1) is 11.4 Å². The molecular formula is C11H15NO2S. The number of nitrogens with zero attached hydrogens (tertiary/aromatic N) is 1. The van der Waals surface area contributed by atoms with Crippen molar-refractivity contribution in [3.63, 3.8) is 0 Å². The van der Waals surface area contributed by atoms with Crippen LogP contribution < -0.4 is 0 Å². The zero-order chi connectivity index (χ0) is 10.7. The summed E-state index contributed by atoms with van der Waals surface area (Å²) in [6, 6.07) is 0. The molecule has 1 saturated carbocycles. The number of thiazole rings is 1. The van der Waals surface area contributed by atoms with E-state index in [2.05, 4.69) is 4.98 Å². The Balaban J connectivity index is 2.00. The highest BCUT2D eigenvalue weighted by molar-refractivity contribution is 7.09. The lowest BCUT2D eigenvalue weighted by molar-refractivity contribution is -0.139. The fourth-order valence-electron chi connectivity index (χ4n) is 2.06. The highest BCUT2D eigenvalue weighted by atomic mass is 32.1. The summed E-state index contributed by atoms with van der Waals surface area (Å²) in [6.07, 6.45) is 6.27. The Morgan fingerprint density at radius 2 is 2.20 bits per heavy atom. The van der Waals surface area contributed by atoms with Crippen LogP contribution in [0, 0.1) is 0 Å². The lowest BCUT2D eigenvalue weighted by atomic mass is 9.81. The summed E-state index contributed by atoms with van der Waals surface area (Å²) in [7, 11) is 0. The highest BCUT2D eigenvalue weighted by Gasteiger charge is 2.36. The number of Topliss-reactive ketones (excluding diaryl/α,β-unsaturated/α-hetero) is 1. The molecule has 1 aromatic heterocycles. The van der Waals surface area contributed by atoms with Crippen molar-refractivity contribution >= 4 is 17.1 Å². The van der Waals surface area contributed by atoms with Crippen molar-refractivity contribution in [2.45, 2.75) is 44.1 Å². The fourth-order valence-corrected chi connectivity index (χ4v) is 2.67. The van der Waals surface area contributed by atoms with Gasteiger partial charge in [-0.05, 0) is 12.8 Å². The molecule has 0 unspecified atom stereocenters. The van der Waals surface area contributed by atoms with E-state index >= 15 is 0 Å². The first-order chi connectivity index (χ1) is 7.21.